The smallest absolute Gasteiger partial charge is 0.164 e. The van der Waals surface area contributed by atoms with Gasteiger partial charge in [0.15, 0.2) is 17.5 Å². The van der Waals surface area contributed by atoms with Gasteiger partial charge in [-0.05, 0) is 58.5 Å². The van der Waals surface area contributed by atoms with E-state index in [0.717, 1.165) is 33.6 Å². The Kier molecular flexibility index (Phi) is 4.14. The van der Waals surface area contributed by atoms with Crippen molar-refractivity contribution in [1.29, 1.82) is 0 Å². The molecule has 0 atom stereocenters. The third kappa shape index (κ3) is 4.87. The van der Waals surface area contributed by atoms with Crippen LogP contribution in [0.5, 0.6) is 0 Å². The van der Waals surface area contributed by atoms with E-state index >= 15 is 0 Å². The molecule has 0 aliphatic carbocycles. The van der Waals surface area contributed by atoms with E-state index in [2.05, 4.69) is 0 Å². The van der Waals surface area contributed by atoms with Crippen molar-refractivity contribution in [3.8, 4) is 56.4 Å². The lowest BCUT2D eigenvalue weighted by Crippen LogP contribution is -2.00. The largest absolute Gasteiger partial charge is 0.456 e. The molecule has 0 bridgehead atoms. The first kappa shape index (κ1) is 17.8. The van der Waals surface area contributed by atoms with Crippen molar-refractivity contribution in [1.82, 2.24) is 15.0 Å². The maximum atomic E-state index is 9.40. The molecule has 3 aromatic heterocycles. The number of hydrogen-bond donors (Lipinski definition) is 0. The predicted octanol–water partition coefficient (Wildman–Crippen LogP) is 12.5. The fraction of sp³-hybridized carbons (Fsp3) is 0. The van der Waals surface area contributed by atoms with Crippen molar-refractivity contribution in [2.24, 2.45) is 0 Å². The summed E-state index contributed by atoms with van der Waals surface area (Å²) in [5.41, 5.74) is 2.94. The maximum Gasteiger partial charge on any atom is 0.164 e. The Hall–Kier alpha value is -6.43. The van der Waals surface area contributed by atoms with Gasteiger partial charge in [-0.25, -0.2) is 15.0 Å². The molecule has 0 aliphatic heterocycles. The zero-order valence-corrected chi connectivity index (χ0v) is 26.5. The molecule has 0 fully saturated rings. The van der Waals surface area contributed by atoms with Crippen LogP contribution in [0.4, 0.5) is 0 Å². The number of benzene rings is 7. The standard InChI is InChI=1S/C45H27N3OS/c1-2-10-28(11-3-1)29-20-22-30(23-21-29)31-12-8-13-32(26-31)43-46-44(33-24-25-35-34-14-4-6-17-38(34)49-39(35)27-33)48-45(47-43)37-16-9-19-41-42(37)36-15-5-7-18-40(36)50-41/h1-27H/i4D,5D,6D,7D,9D,14D,15D,16D,17D,18D,19D,24D,25D,27D. The van der Waals surface area contributed by atoms with Gasteiger partial charge in [-0.3, -0.25) is 0 Å². The fourth-order valence-electron chi connectivity index (χ4n) is 5.99. The number of para-hydroxylation sites is 1. The first-order valence-electron chi connectivity index (χ1n) is 22.5. The van der Waals surface area contributed by atoms with Crippen LogP contribution in [0.15, 0.2) is 168 Å². The molecule has 0 N–H and O–H groups in total. The first-order chi connectivity index (χ1) is 30.6. The fourth-order valence-corrected chi connectivity index (χ4v) is 6.96. The molecular weight excluding hydrogens is 631 g/mol. The molecule has 50 heavy (non-hydrogen) atoms. The molecule has 0 radical (unpaired) electrons. The van der Waals surface area contributed by atoms with Gasteiger partial charge < -0.3 is 4.42 Å². The van der Waals surface area contributed by atoms with Crippen molar-refractivity contribution in [2.45, 2.75) is 0 Å². The Labute approximate surface area is 311 Å². The van der Waals surface area contributed by atoms with Gasteiger partial charge in [0.25, 0.3) is 0 Å². The quantitative estimate of drug-likeness (QED) is 0.183. The van der Waals surface area contributed by atoms with Crippen LogP contribution in [-0.2, 0) is 0 Å². The van der Waals surface area contributed by atoms with Gasteiger partial charge in [0, 0.05) is 47.6 Å². The maximum absolute atomic E-state index is 9.40. The van der Waals surface area contributed by atoms with E-state index < -0.39 is 72.5 Å². The second kappa shape index (κ2) is 11.6. The van der Waals surface area contributed by atoms with Crippen LogP contribution < -0.4 is 0 Å². The van der Waals surface area contributed by atoms with Crippen molar-refractivity contribution >= 4 is 53.4 Å². The number of nitrogens with zero attached hydrogens (tertiary/aromatic N) is 3. The second-order valence-corrected chi connectivity index (χ2v) is 12.4. The van der Waals surface area contributed by atoms with Crippen molar-refractivity contribution in [3.05, 3.63) is 163 Å². The molecular formula is C45H27N3OS. The Morgan fingerprint density at radius 1 is 0.460 bits per heavy atom. The van der Waals surface area contributed by atoms with E-state index in [-0.39, 0.29) is 82.8 Å². The van der Waals surface area contributed by atoms with E-state index in [0.29, 0.717) is 5.56 Å². The van der Waals surface area contributed by atoms with Gasteiger partial charge in [0.1, 0.15) is 11.2 Å². The molecule has 0 spiro atoms. The van der Waals surface area contributed by atoms with Crippen LogP contribution in [0, 0.1) is 0 Å². The summed E-state index contributed by atoms with van der Waals surface area (Å²) in [5.74, 6) is -0.672. The lowest BCUT2D eigenvalue weighted by Gasteiger charge is -2.11. The highest BCUT2D eigenvalue weighted by Gasteiger charge is 2.18. The minimum absolute atomic E-state index is 0.00752. The summed E-state index contributed by atoms with van der Waals surface area (Å²) in [6, 6.07) is 17.8. The number of hydrogen-bond acceptors (Lipinski definition) is 5. The molecule has 0 saturated carbocycles. The molecule has 234 valence electrons. The van der Waals surface area contributed by atoms with E-state index in [9.17, 15) is 4.11 Å². The predicted molar refractivity (Wildman–Crippen MR) is 207 cm³/mol. The zero-order chi connectivity index (χ0) is 45.2. The molecule has 0 saturated heterocycles. The zero-order valence-electron chi connectivity index (χ0n) is 39.7. The van der Waals surface area contributed by atoms with E-state index in [4.69, 9.17) is 34.4 Å². The molecule has 7 aromatic carbocycles. The van der Waals surface area contributed by atoms with Gasteiger partial charge in [0.2, 0.25) is 0 Å². The van der Waals surface area contributed by atoms with E-state index in [1.54, 1.807) is 18.2 Å². The Balaban J connectivity index is 1.27. The monoisotopic (exact) mass is 671 g/mol. The van der Waals surface area contributed by atoms with Crippen molar-refractivity contribution in [2.75, 3.05) is 0 Å². The summed E-state index contributed by atoms with van der Waals surface area (Å²) in [7, 11) is 0. The lowest BCUT2D eigenvalue weighted by atomic mass is 9.99. The highest BCUT2D eigenvalue weighted by Crippen LogP contribution is 2.40. The third-order valence-electron chi connectivity index (χ3n) is 8.36. The lowest BCUT2D eigenvalue weighted by molar-refractivity contribution is 0.669. The van der Waals surface area contributed by atoms with Crippen LogP contribution in [0.2, 0.25) is 0 Å². The van der Waals surface area contributed by atoms with Gasteiger partial charge >= 0.3 is 0 Å². The molecule has 4 nitrogen and oxygen atoms in total. The second-order valence-electron chi connectivity index (χ2n) is 11.4. The van der Waals surface area contributed by atoms with Gasteiger partial charge in [0.05, 0.1) is 19.2 Å². The minimum atomic E-state index is -0.586. The molecule has 5 heteroatoms. The van der Waals surface area contributed by atoms with Gasteiger partial charge in [-0.1, -0.05) is 127 Å². The summed E-state index contributed by atoms with van der Waals surface area (Å²) in [5, 5.41) is -0.325. The van der Waals surface area contributed by atoms with E-state index in [1.807, 2.05) is 60.7 Å². The minimum Gasteiger partial charge on any atom is -0.456 e. The number of rotatable bonds is 5. The van der Waals surface area contributed by atoms with Crippen LogP contribution >= 0.6 is 11.3 Å². The molecule has 3 heterocycles. The van der Waals surface area contributed by atoms with Crippen molar-refractivity contribution < 1.29 is 23.6 Å². The highest BCUT2D eigenvalue weighted by molar-refractivity contribution is 7.25. The number of furan rings is 1. The van der Waals surface area contributed by atoms with Crippen LogP contribution in [0.1, 0.15) is 19.2 Å². The summed E-state index contributed by atoms with van der Waals surface area (Å²) in [6.07, 6.45) is 0. The summed E-state index contributed by atoms with van der Waals surface area (Å²) in [4.78, 5) is 14.3. The third-order valence-corrected chi connectivity index (χ3v) is 9.38. The van der Waals surface area contributed by atoms with Gasteiger partial charge in [-0.2, -0.15) is 0 Å². The normalized spacial score (nSPS) is 15.5. The molecule has 10 aromatic rings. The summed E-state index contributed by atoms with van der Waals surface area (Å²) < 4.78 is 129. The Bertz CT molecular complexity index is 3670. The van der Waals surface area contributed by atoms with E-state index in [1.165, 1.54) is 0 Å². The molecule has 0 unspecified atom stereocenters. The molecule has 10 rings (SSSR count). The summed E-state index contributed by atoms with van der Waals surface area (Å²) in [6.45, 7) is 0. The SMILES string of the molecule is [2H]c1c([2H])c([2H])c2c(oc3c([2H])c(-c4nc(-c5cccc(-c6ccc(-c7ccccc7)cc6)c5)nc(-c5c([2H])c([2H])c([2H])c6sc7c([2H])c([2H])c([2H])c([2H])c7c56)n4)c([2H])c([2H])c32)c1[2H]. The average Bonchev–Trinajstić information content (AvgIpc) is 3.92. The number of aromatic nitrogens is 3. The van der Waals surface area contributed by atoms with Crippen molar-refractivity contribution in [3.63, 3.8) is 0 Å². The van der Waals surface area contributed by atoms with Gasteiger partial charge in [-0.15, -0.1) is 11.3 Å². The summed E-state index contributed by atoms with van der Waals surface area (Å²) >= 11 is 0.871. The number of fused-ring (bicyclic) bond motifs is 6. The Morgan fingerprint density at radius 3 is 1.96 bits per heavy atom. The Morgan fingerprint density at radius 2 is 1.10 bits per heavy atom. The molecule has 0 amide bonds. The first-order valence-corrected chi connectivity index (χ1v) is 16.3. The molecule has 0 aliphatic rings. The van der Waals surface area contributed by atoms with Crippen LogP contribution in [0.3, 0.4) is 0 Å². The highest BCUT2D eigenvalue weighted by atomic mass is 32.1. The van der Waals surface area contributed by atoms with Crippen LogP contribution in [0.25, 0.3) is 98.5 Å². The number of thiophene rings is 1. The van der Waals surface area contributed by atoms with Crippen LogP contribution in [-0.4, -0.2) is 15.0 Å². The average molecular weight is 672 g/mol. The topological polar surface area (TPSA) is 51.8 Å².